The van der Waals surface area contributed by atoms with Crippen LogP contribution in [0.25, 0.3) is 5.69 Å². The number of H-pyrrole nitrogens is 1. The van der Waals surface area contributed by atoms with Crippen molar-refractivity contribution in [2.24, 2.45) is 0 Å². The Morgan fingerprint density at radius 2 is 1.74 bits per heavy atom. The lowest BCUT2D eigenvalue weighted by Gasteiger charge is -2.11. The minimum absolute atomic E-state index is 0.0290. The molecule has 0 bridgehead atoms. The van der Waals surface area contributed by atoms with Crippen LogP contribution in [0.2, 0.25) is 0 Å². The summed E-state index contributed by atoms with van der Waals surface area (Å²) in [6.45, 7) is 1.65. The molecular weight excluding hydrogens is 267 g/mol. The molecule has 102 valence electrons. The number of aromatic amines is 1. The van der Waals surface area contributed by atoms with Crippen molar-refractivity contribution in [3.8, 4) is 5.69 Å². The third-order valence-electron chi connectivity index (χ3n) is 2.81. The summed E-state index contributed by atoms with van der Waals surface area (Å²) in [4.78, 5) is 12.4. The Labute approximate surface area is 110 Å². The molecule has 1 heterocycles. The van der Waals surface area contributed by atoms with Crippen LogP contribution in [-0.2, 0) is 13.6 Å². The van der Waals surface area contributed by atoms with E-state index in [0.29, 0.717) is 11.4 Å². The van der Waals surface area contributed by atoms with Crippen molar-refractivity contribution >= 4 is 12.9 Å². The maximum atomic E-state index is 12.4. The van der Waals surface area contributed by atoms with Crippen LogP contribution in [0.15, 0.2) is 35.1 Å². The molecule has 0 aliphatic heterocycles. The molecule has 0 radical (unpaired) electrons. The van der Waals surface area contributed by atoms with Crippen molar-refractivity contribution in [3.63, 3.8) is 0 Å². The van der Waals surface area contributed by atoms with E-state index in [1.165, 1.54) is 18.9 Å². The van der Waals surface area contributed by atoms with Crippen LogP contribution in [-0.4, -0.2) is 24.0 Å². The zero-order valence-corrected chi connectivity index (χ0v) is 11.8. The third kappa shape index (κ3) is 2.30. The molecule has 1 aromatic carbocycles. The molecule has 0 spiro atoms. The van der Waals surface area contributed by atoms with Gasteiger partial charge >= 0.3 is 7.60 Å². The zero-order valence-electron chi connectivity index (χ0n) is 10.9. The van der Waals surface area contributed by atoms with Crippen LogP contribution in [0.4, 0.5) is 0 Å². The highest BCUT2D eigenvalue weighted by atomic mass is 31.2. The molecule has 0 aliphatic rings. The first kappa shape index (κ1) is 13.8. The van der Waals surface area contributed by atoms with E-state index < -0.39 is 13.2 Å². The van der Waals surface area contributed by atoms with E-state index in [2.05, 4.69) is 5.10 Å². The Kier molecular flexibility index (Phi) is 3.75. The smallest absolute Gasteiger partial charge is 0.308 e. The molecule has 7 heteroatoms. The van der Waals surface area contributed by atoms with Gasteiger partial charge in [-0.15, -0.1) is 0 Å². The Morgan fingerprint density at radius 3 is 2.26 bits per heavy atom. The molecule has 0 aliphatic carbocycles. The lowest BCUT2D eigenvalue weighted by atomic mass is 10.3. The predicted octanol–water partition coefficient (Wildman–Crippen LogP) is 1.59. The average Bonchev–Trinajstić information content (AvgIpc) is 2.75. The van der Waals surface area contributed by atoms with Crippen LogP contribution in [0.1, 0.15) is 5.69 Å². The quantitative estimate of drug-likeness (QED) is 0.864. The van der Waals surface area contributed by atoms with E-state index >= 15 is 0 Å². The molecule has 2 aromatic rings. The average molecular weight is 282 g/mol. The molecule has 6 nitrogen and oxygen atoms in total. The van der Waals surface area contributed by atoms with Crippen molar-refractivity contribution in [1.29, 1.82) is 0 Å². The van der Waals surface area contributed by atoms with Gasteiger partial charge < -0.3 is 9.05 Å². The van der Waals surface area contributed by atoms with Gasteiger partial charge in [-0.25, -0.2) is 4.68 Å². The van der Waals surface area contributed by atoms with Crippen molar-refractivity contribution in [3.05, 3.63) is 46.4 Å². The van der Waals surface area contributed by atoms with Gasteiger partial charge in [-0.05, 0) is 19.1 Å². The normalized spacial score (nSPS) is 11.7. The molecule has 2 rings (SSSR count). The van der Waals surface area contributed by atoms with Gasteiger partial charge in [0.15, 0.2) is 5.30 Å². The van der Waals surface area contributed by atoms with Crippen molar-refractivity contribution in [2.45, 2.75) is 6.92 Å². The van der Waals surface area contributed by atoms with Crippen LogP contribution in [0, 0.1) is 6.92 Å². The first-order valence-electron chi connectivity index (χ1n) is 5.62. The Balaban J connectivity index is 2.66. The highest BCUT2D eigenvalue weighted by Crippen LogP contribution is 2.44. The number of aromatic nitrogens is 2. The molecule has 0 unspecified atom stereocenters. The summed E-state index contributed by atoms with van der Waals surface area (Å²) < 4.78 is 23.4. The highest BCUT2D eigenvalue weighted by molar-refractivity contribution is 7.62. The standard InChI is InChI=1S/C12H15N2O4P/c1-9-11(19(16,17-2)18-3)12(15)14(13-9)10-7-5-4-6-8-10/h4-8,13H,1-3H3. The second-order valence-electron chi connectivity index (χ2n) is 3.92. The number of hydrogen-bond acceptors (Lipinski definition) is 4. The minimum atomic E-state index is -3.57. The Bertz CT molecular complexity index is 667. The summed E-state index contributed by atoms with van der Waals surface area (Å²) in [7, 11) is -1.07. The summed E-state index contributed by atoms with van der Waals surface area (Å²) in [5, 5.41) is 2.90. The highest BCUT2D eigenvalue weighted by Gasteiger charge is 2.33. The molecule has 0 atom stereocenters. The maximum Gasteiger partial charge on any atom is 0.368 e. The maximum absolute atomic E-state index is 12.4. The molecule has 19 heavy (non-hydrogen) atoms. The SMILES string of the molecule is COP(=O)(OC)c1c(C)[nH]n(-c2ccccc2)c1=O. The number of nitrogens with one attached hydrogen (secondary N) is 1. The summed E-state index contributed by atoms with van der Waals surface area (Å²) in [5.74, 6) is 0. The topological polar surface area (TPSA) is 73.3 Å². The van der Waals surface area contributed by atoms with E-state index in [9.17, 15) is 9.36 Å². The van der Waals surface area contributed by atoms with E-state index in [0.717, 1.165) is 0 Å². The molecule has 1 aromatic heterocycles. The molecule has 0 saturated carbocycles. The fraction of sp³-hybridized carbons (Fsp3) is 0.250. The van der Waals surface area contributed by atoms with Gasteiger partial charge in [0, 0.05) is 14.2 Å². The van der Waals surface area contributed by atoms with Gasteiger partial charge in [0.25, 0.3) is 5.56 Å². The molecule has 0 fully saturated rings. The number of aryl methyl sites for hydroxylation is 1. The fourth-order valence-electron chi connectivity index (χ4n) is 1.88. The summed E-state index contributed by atoms with van der Waals surface area (Å²) in [5.41, 5.74) is 0.678. The minimum Gasteiger partial charge on any atom is -0.308 e. The van der Waals surface area contributed by atoms with Crippen molar-refractivity contribution in [1.82, 2.24) is 9.78 Å². The van der Waals surface area contributed by atoms with Gasteiger partial charge in [-0.3, -0.25) is 14.5 Å². The second kappa shape index (κ2) is 5.17. The fourth-order valence-corrected chi connectivity index (χ4v) is 3.19. The molecule has 1 N–H and O–H groups in total. The van der Waals surface area contributed by atoms with Crippen LogP contribution in [0.5, 0.6) is 0 Å². The van der Waals surface area contributed by atoms with E-state index in [1.54, 1.807) is 19.1 Å². The predicted molar refractivity (Wildman–Crippen MR) is 72.4 cm³/mol. The van der Waals surface area contributed by atoms with E-state index in [4.69, 9.17) is 9.05 Å². The van der Waals surface area contributed by atoms with Gasteiger partial charge in [-0.2, -0.15) is 0 Å². The number of rotatable bonds is 4. The molecular formula is C12H15N2O4P. The van der Waals surface area contributed by atoms with Gasteiger partial charge in [0.05, 0.1) is 11.4 Å². The third-order valence-corrected chi connectivity index (χ3v) is 4.85. The van der Waals surface area contributed by atoms with Crippen LogP contribution < -0.4 is 10.9 Å². The monoisotopic (exact) mass is 282 g/mol. The number of benzene rings is 1. The summed E-state index contributed by atoms with van der Waals surface area (Å²) in [6, 6.07) is 9.01. The number of hydrogen-bond donors (Lipinski definition) is 1. The van der Waals surface area contributed by atoms with Gasteiger partial charge in [0.1, 0.15) is 0 Å². The van der Waals surface area contributed by atoms with Crippen LogP contribution >= 0.6 is 7.60 Å². The Hall–Kier alpha value is -1.62. The molecule has 0 saturated heterocycles. The Morgan fingerprint density at radius 1 is 1.16 bits per heavy atom. The first-order chi connectivity index (χ1) is 9.03. The largest absolute Gasteiger partial charge is 0.368 e. The van der Waals surface area contributed by atoms with E-state index in [-0.39, 0.29) is 5.30 Å². The second-order valence-corrected chi connectivity index (χ2v) is 6.10. The van der Waals surface area contributed by atoms with E-state index in [1.807, 2.05) is 18.2 Å². The van der Waals surface area contributed by atoms with Crippen molar-refractivity contribution in [2.75, 3.05) is 14.2 Å². The van der Waals surface area contributed by atoms with Crippen LogP contribution in [0.3, 0.4) is 0 Å². The first-order valence-corrected chi connectivity index (χ1v) is 7.17. The summed E-state index contributed by atoms with van der Waals surface area (Å²) in [6.07, 6.45) is 0. The summed E-state index contributed by atoms with van der Waals surface area (Å²) >= 11 is 0. The number of nitrogens with zero attached hydrogens (tertiary/aromatic N) is 1. The lowest BCUT2D eigenvalue weighted by molar-refractivity contribution is 0.287. The lowest BCUT2D eigenvalue weighted by Crippen LogP contribution is -2.29. The number of para-hydroxylation sites is 1. The van der Waals surface area contributed by atoms with Crippen molar-refractivity contribution < 1.29 is 13.6 Å². The van der Waals surface area contributed by atoms with Gasteiger partial charge in [0.2, 0.25) is 0 Å². The zero-order chi connectivity index (χ0) is 14.0. The molecule has 0 amide bonds. The van der Waals surface area contributed by atoms with Gasteiger partial charge in [-0.1, -0.05) is 18.2 Å².